The van der Waals surface area contributed by atoms with E-state index >= 15 is 0 Å². The van der Waals surface area contributed by atoms with Gasteiger partial charge in [-0.15, -0.1) is 0 Å². The van der Waals surface area contributed by atoms with Crippen molar-refractivity contribution in [2.24, 2.45) is 5.41 Å². The van der Waals surface area contributed by atoms with Crippen LogP contribution in [0.1, 0.15) is 25.3 Å². The van der Waals surface area contributed by atoms with E-state index in [2.05, 4.69) is 17.4 Å². The summed E-state index contributed by atoms with van der Waals surface area (Å²) in [6.45, 7) is 4.77. The summed E-state index contributed by atoms with van der Waals surface area (Å²) in [5.74, 6) is 0.922. The van der Waals surface area contributed by atoms with Crippen LogP contribution in [-0.4, -0.2) is 24.9 Å². The van der Waals surface area contributed by atoms with Gasteiger partial charge in [0, 0.05) is 25.1 Å². The number of aliphatic hydroxyl groups is 1. The molecule has 2 N–H and O–H groups in total. The molecule has 0 atom stereocenters. The van der Waals surface area contributed by atoms with E-state index in [1.54, 1.807) is 0 Å². The van der Waals surface area contributed by atoms with Crippen LogP contribution in [0.15, 0.2) is 24.3 Å². The summed E-state index contributed by atoms with van der Waals surface area (Å²) in [5, 5.41) is 12.6. The molecular formula is C14H21NO2. The third kappa shape index (κ3) is 3.45. The largest absolute Gasteiger partial charge is 0.494 e. The highest BCUT2D eigenvalue weighted by Gasteiger charge is 2.41. The lowest BCUT2D eigenvalue weighted by Crippen LogP contribution is -2.26. The topological polar surface area (TPSA) is 41.5 Å². The van der Waals surface area contributed by atoms with Crippen molar-refractivity contribution in [1.82, 2.24) is 5.32 Å². The van der Waals surface area contributed by atoms with Crippen LogP contribution in [-0.2, 0) is 6.54 Å². The molecule has 0 aliphatic heterocycles. The summed E-state index contributed by atoms with van der Waals surface area (Å²) in [6.07, 6.45) is 2.31. The maximum Gasteiger partial charge on any atom is 0.119 e. The minimum atomic E-state index is 0.186. The van der Waals surface area contributed by atoms with Crippen molar-refractivity contribution in [2.75, 3.05) is 19.8 Å². The second-order valence-electron chi connectivity index (χ2n) is 4.84. The lowest BCUT2D eigenvalue weighted by atomic mass is 10.1. The quantitative estimate of drug-likeness (QED) is 0.759. The van der Waals surface area contributed by atoms with Crippen LogP contribution in [0.25, 0.3) is 0 Å². The average molecular weight is 235 g/mol. The molecule has 0 unspecified atom stereocenters. The van der Waals surface area contributed by atoms with Crippen LogP contribution in [0.3, 0.4) is 0 Å². The van der Waals surface area contributed by atoms with E-state index in [-0.39, 0.29) is 5.41 Å². The number of hydrogen-bond acceptors (Lipinski definition) is 3. The lowest BCUT2D eigenvalue weighted by molar-refractivity contribution is 0.207. The molecule has 94 valence electrons. The predicted octanol–water partition coefficient (Wildman–Crippen LogP) is 1.95. The monoisotopic (exact) mass is 235 g/mol. The number of benzene rings is 1. The molecule has 3 heteroatoms. The van der Waals surface area contributed by atoms with E-state index in [1.165, 1.54) is 5.56 Å². The highest BCUT2D eigenvalue weighted by atomic mass is 16.5. The van der Waals surface area contributed by atoms with Crippen LogP contribution in [0.2, 0.25) is 0 Å². The van der Waals surface area contributed by atoms with Gasteiger partial charge in [-0.2, -0.15) is 0 Å². The first-order valence-corrected chi connectivity index (χ1v) is 6.31. The van der Waals surface area contributed by atoms with Crippen molar-refractivity contribution < 1.29 is 9.84 Å². The van der Waals surface area contributed by atoms with Gasteiger partial charge < -0.3 is 15.2 Å². The highest BCUT2D eigenvalue weighted by molar-refractivity contribution is 5.27. The number of hydrogen-bond donors (Lipinski definition) is 2. The van der Waals surface area contributed by atoms with Gasteiger partial charge in [-0.1, -0.05) is 12.1 Å². The summed E-state index contributed by atoms with van der Waals surface area (Å²) < 4.78 is 5.39. The van der Waals surface area contributed by atoms with E-state index in [4.69, 9.17) is 4.74 Å². The van der Waals surface area contributed by atoms with Gasteiger partial charge in [0.05, 0.1) is 6.61 Å². The molecule has 1 saturated carbocycles. The summed E-state index contributed by atoms with van der Waals surface area (Å²) >= 11 is 0. The highest BCUT2D eigenvalue weighted by Crippen LogP contribution is 2.44. The molecule has 0 heterocycles. The number of rotatable bonds is 7. The third-order valence-electron chi connectivity index (χ3n) is 3.36. The molecule has 0 saturated heterocycles. The van der Waals surface area contributed by atoms with Gasteiger partial charge in [0.25, 0.3) is 0 Å². The van der Waals surface area contributed by atoms with Gasteiger partial charge >= 0.3 is 0 Å². The number of aliphatic hydroxyl groups excluding tert-OH is 1. The molecule has 0 amide bonds. The molecule has 1 fully saturated rings. The van der Waals surface area contributed by atoms with Crippen molar-refractivity contribution in [3.05, 3.63) is 29.8 Å². The van der Waals surface area contributed by atoms with Crippen LogP contribution < -0.4 is 10.1 Å². The van der Waals surface area contributed by atoms with Crippen molar-refractivity contribution in [1.29, 1.82) is 0 Å². The Kier molecular flexibility index (Phi) is 4.02. The molecule has 1 aromatic rings. The fourth-order valence-electron chi connectivity index (χ4n) is 1.91. The molecule has 0 bridgehead atoms. The smallest absolute Gasteiger partial charge is 0.119 e. The third-order valence-corrected chi connectivity index (χ3v) is 3.36. The van der Waals surface area contributed by atoms with Gasteiger partial charge in [0.15, 0.2) is 0 Å². The lowest BCUT2D eigenvalue weighted by Gasteiger charge is -2.12. The van der Waals surface area contributed by atoms with Crippen LogP contribution in [0, 0.1) is 5.41 Å². The maximum absolute atomic E-state index is 9.19. The Morgan fingerprint density at radius 3 is 2.53 bits per heavy atom. The Morgan fingerprint density at radius 2 is 2.00 bits per heavy atom. The van der Waals surface area contributed by atoms with E-state index in [1.807, 2.05) is 19.1 Å². The molecule has 0 aromatic heterocycles. The Bertz CT molecular complexity index is 344. The van der Waals surface area contributed by atoms with Crippen LogP contribution in [0.5, 0.6) is 5.75 Å². The van der Waals surface area contributed by atoms with Crippen molar-refractivity contribution in [3.63, 3.8) is 0 Å². The molecule has 17 heavy (non-hydrogen) atoms. The second kappa shape index (κ2) is 5.52. The van der Waals surface area contributed by atoms with Gasteiger partial charge in [-0.25, -0.2) is 0 Å². The van der Waals surface area contributed by atoms with E-state index in [0.717, 1.165) is 31.7 Å². The Labute approximate surface area is 103 Å². The first-order chi connectivity index (χ1) is 8.28. The molecule has 2 rings (SSSR count). The summed E-state index contributed by atoms with van der Waals surface area (Å²) in [5.41, 5.74) is 1.44. The summed E-state index contributed by atoms with van der Waals surface area (Å²) in [6, 6.07) is 8.16. The Morgan fingerprint density at radius 1 is 1.29 bits per heavy atom. The zero-order valence-corrected chi connectivity index (χ0v) is 10.4. The standard InChI is InChI=1S/C14H21NO2/c1-2-17-13-5-3-12(4-6-13)9-15-10-14(11-16)7-8-14/h3-6,15-16H,2,7-11H2,1H3. The van der Waals surface area contributed by atoms with Crippen molar-refractivity contribution in [2.45, 2.75) is 26.3 Å². The fraction of sp³-hybridized carbons (Fsp3) is 0.571. The maximum atomic E-state index is 9.19. The van der Waals surface area contributed by atoms with Gasteiger partial charge in [0.1, 0.15) is 5.75 Å². The number of nitrogens with one attached hydrogen (secondary N) is 1. The van der Waals surface area contributed by atoms with Gasteiger partial charge in [0.2, 0.25) is 0 Å². The second-order valence-corrected chi connectivity index (χ2v) is 4.84. The normalized spacial score (nSPS) is 16.8. The molecule has 1 aliphatic rings. The zero-order valence-electron chi connectivity index (χ0n) is 10.4. The average Bonchev–Trinajstić information content (AvgIpc) is 3.13. The SMILES string of the molecule is CCOc1ccc(CNCC2(CO)CC2)cc1. The first-order valence-electron chi connectivity index (χ1n) is 6.31. The molecule has 0 radical (unpaired) electrons. The van der Waals surface area contributed by atoms with E-state index < -0.39 is 0 Å². The Hall–Kier alpha value is -1.06. The summed E-state index contributed by atoms with van der Waals surface area (Å²) in [7, 11) is 0. The molecule has 3 nitrogen and oxygen atoms in total. The van der Waals surface area contributed by atoms with E-state index in [9.17, 15) is 5.11 Å². The zero-order chi connectivity index (χ0) is 12.1. The number of ether oxygens (including phenoxy) is 1. The minimum absolute atomic E-state index is 0.186. The van der Waals surface area contributed by atoms with Gasteiger partial charge in [-0.05, 0) is 37.5 Å². The van der Waals surface area contributed by atoms with Crippen LogP contribution >= 0.6 is 0 Å². The molecule has 1 aliphatic carbocycles. The molecule has 1 aromatic carbocycles. The van der Waals surface area contributed by atoms with Gasteiger partial charge in [-0.3, -0.25) is 0 Å². The van der Waals surface area contributed by atoms with Crippen LogP contribution in [0.4, 0.5) is 0 Å². The predicted molar refractivity (Wildman–Crippen MR) is 68.1 cm³/mol. The van der Waals surface area contributed by atoms with E-state index in [0.29, 0.717) is 13.2 Å². The van der Waals surface area contributed by atoms with Crippen molar-refractivity contribution >= 4 is 0 Å². The first kappa shape index (κ1) is 12.4. The summed E-state index contributed by atoms with van der Waals surface area (Å²) in [4.78, 5) is 0. The van der Waals surface area contributed by atoms with Crippen molar-refractivity contribution in [3.8, 4) is 5.75 Å². The Balaban J connectivity index is 1.75. The minimum Gasteiger partial charge on any atom is -0.494 e. The molecular weight excluding hydrogens is 214 g/mol. The molecule has 0 spiro atoms. The fourth-order valence-corrected chi connectivity index (χ4v) is 1.91.